The summed E-state index contributed by atoms with van der Waals surface area (Å²) in [6.45, 7) is 1.27. The second-order valence-corrected chi connectivity index (χ2v) is 5.29. The van der Waals surface area contributed by atoms with Gasteiger partial charge in [0.25, 0.3) is 0 Å². The highest BCUT2D eigenvalue weighted by Crippen LogP contribution is 2.23. The number of aliphatic hydroxyl groups is 2. The molecule has 19 heavy (non-hydrogen) atoms. The second kappa shape index (κ2) is 5.75. The zero-order chi connectivity index (χ0) is 14.0. The van der Waals surface area contributed by atoms with Gasteiger partial charge in [0.05, 0.1) is 6.10 Å². The molecular weight excluding hydrogens is 252 g/mol. The molecule has 0 aromatic carbocycles. The number of aliphatic hydroxyl groups excluding tert-OH is 2. The number of carboxylic acids is 1. The number of rotatable bonds is 2. The van der Waals surface area contributed by atoms with Crippen LogP contribution in [0.2, 0.25) is 0 Å². The SMILES string of the molecule is O=C(O)C1CC(O)CN1C(=O)N1CCC(CO)CC1. The predicted molar refractivity (Wildman–Crippen MR) is 65.5 cm³/mol. The van der Waals surface area contributed by atoms with Crippen LogP contribution in [-0.4, -0.2) is 75.5 Å². The van der Waals surface area contributed by atoms with Crippen LogP contribution < -0.4 is 0 Å². The zero-order valence-corrected chi connectivity index (χ0v) is 10.7. The maximum atomic E-state index is 12.3. The average molecular weight is 272 g/mol. The minimum atomic E-state index is -1.07. The van der Waals surface area contributed by atoms with Gasteiger partial charge in [-0.25, -0.2) is 9.59 Å². The van der Waals surface area contributed by atoms with Crippen LogP contribution >= 0.6 is 0 Å². The van der Waals surface area contributed by atoms with Crippen LogP contribution in [0.15, 0.2) is 0 Å². The molecule has 2 saturated heterocycles. The van der Waals surface area contributed by atoms with E-state index < -0.39 is 18.1 Å². The molecule has 2 atom stereocenters. The van der Waals surface area contributed by atoms with Gasteiger partial charge in [-0.05, 0) is 18.8 Å². The number of carbonyl (C=O) groups excluding carboxylic acids is 1. The molecule has 2 heterocycles. The average Bonchev–Trinajstić information content (AvgIpc) is 2.80. The first-order valence-corrected chi connectivity index (χ1v) is 6.60. The number of nitrogens with zero attached hydrogens (tertiary/aromatic N) is 2. The Hall–Kier alpha value is -1.34. The number of hydrogen-bond acceptors (Lipinski definition) is 4. The molecule has 3 N–H and O–H groups in total. The molecular formula is C12H20N2O5. The van der Waals surface area contributed by atoms with E-state index >= 15 is 0 Å². The van der Waals surface area contributed by atoms with Crippen LogP contribution in [-0.2, 0) is 4.79 Å². The number of β-amino-alcohol motifs (C(OH)–C–C–N with tert-alkyl or cyclic N) is 1. The molecule has 2 aliphatic heterocycles. The Morgan fingerprint density at radius 3 is 2.37 bits per heavy atom. The van der Waals surface area contributed by atoms with Gasteiger partial charge in [-0.3, -0.25) is 0 Å². The van der Waals surface area contributed by atoms with Gasteiger partial charge in [0.2, 0.25) is 0 Å². The normalized spacial score (nSPS) is 28.7. The lowest BCUT2D eigenvalue weighted by atomic mass is 9.98. The third-order valence-electron chi connectivity index (χ3n) is 3.95. The van der Waals surface area contributed by atoms with Gasteiger partial charge in [-0.1, -0.05) is 0 Å². The Morgan fingerprint density at radius 2 is 1.84 bits per heavy atom. The summed E-state index contributed by atoms with van der Waals surface area (Å²) in [5.74, 6) is -0.848. The third-order valence-corrected chi connectivity index (χ3v) is 3.95. The molecule has 0 spiro atoms. The maximum Gasteiger partial charge on any atom is 0.326 e. The fourth-order valence-corrected chi connectivity index (χ4v) is 2.75. The molecule has 0 saturated carbocycles. The summed E-state index contributed by atoms with van der Waals surface area (Å²) in [6, 6.07) is -1.25. The lowest BCUT2D eigenvalue weighted by Gasteiger charge is -2.35. The van der Waals surface area contributed by atoms with Crippen molar-refractivity contribution in [1.29, 1.82) is 0 Å². The summed E-state index contributed by atoms with van der Waals surface area (Å²) in [6.07, 6.45) is 0.793. The fraction of sp³-hybridized carbons (Fsp3) is 0.833. The summed E-state index contributed by atoms with van der Waals surface area (Å²) >= 11 is 0. The van der Waals surface area contributed by atoms with Crippen molar-refractivity contribution in [3.63, 3.8) is 0 Å². The lowest BCUT2D eigenvalue weighted by Crippen LogP contribution is -2.50. The fourth-order valence-electron chi connectivity index (χ4n) is 2.75. The number of piperidine rings is 1. The zero-order valence-electron chi connectivity index (χ0n) is 10.7. The van der Waals surface area contributed by atoms with E-state index in [-0.39, 0.29) is 31.5 Å². The second-order valence-electron chi connectivity index (χ2n) is 5.29. The predicted octanol–water partition coefficient (Wildman–Crippen LogP) is -0.669. The molecule has 108 valence electrons. The van der Waals surface area contributed by atoms with Crippen LogP contribution in [0.1, 0.15) is 19.3 Å². The van der Waals surface area contributed by atoms with E-state index in [2.05, 4.69) is 0 Å². The Kier molecular flexibility index (Phi) is 4.26. The van der Waals surface area contributed by atoms with Crippen LogP contribution in [0.3, 0.4) is 0 Å². The van der Waals surface area contributed by atoms with Gasteiger partial charge >= 0.3 is 12.0 Å². The van der Waals surface area contributed by atoms with Crippen molar-refractivity contribution in [1.82, 2.24) is 9.80 Å². The molecule has 2 rings (SSSR count). The molecule has 2 fully saturated rings. The minimum absolute atomic E-state index is 0.0791. The maximum absolute atomic E-state index is 12.3. The molecule has 7 nitrogen and oxygen atoms in total. The van der Waals surface area contributed by atoms with Crippen LogP contribution in [0.25, 0.3) is 0 Å². The van der Waals surface area contributed by atoms with E-state index in [1.54, 1.807) is 4.90 Å². The van der Waals surface area contributed by atoms with E-state index in [1.165, 1.54) is 4.90 Å². The largest absolute Gasteiger partial charge is 0.480 e. The molecule has 0 aromatic heterocycles. The highest BCUT2D eigenvalue weighted by Gasteiger charge is 2.41. The van der Waals surface area contributed by atoms with Gasteiger partial charge in [0.15, 0.2) is 0 Å². The van der Waals surface area contributed by atoms with Crippen LogP contribution in [0, 0.1) is 5.92 Å². The molecule has 0 aromatic rings. The lowest BCUT2D eigenvalue weighted by molar-refractivity contribution is -0.141. The number of hydrogen-bond donors (Lipinski definition) is 3. The van der Waals surface area contributed by atoms with E-state index in [9.17, 15) is 14.7 Å². The van der Waals surface area contributed by atoms with Crippen molar-refractivity contribution in [3.8, 4) is 0 Å². The van der Waals surface area contributed by atoms with Crippen molar-refractivity contribution in [2.45, 2.75) is 31.4 Å². The summed E-state index contributed by atoms with van der Waals surface area (Å²) in [5, 5.41) is 27.7. The van der Waals surface area contributed by atoms with Crippen molar-refractivity contribution in [2.75, 3.05) is 26.2 Å². The monoisotopic (exact) mass is 272 g/mol. The van der Waals surface area contributed by atoms with E-state index in [0.29, 0.717) is 13.1 Å². The molecule has 2 aliphatic rings. The number of urea groups is 1. The summed E-state index contributed by atoms with van der Waals surface area (Å²) in [4.78, 5) is 26.2. The molecule has 0 bridgehead atoms. The van der Waals surface area contributed by atoms with E-state index in [0.717, 1.165) is 12.8 Å². The van der Waals surface area contributed by atoms with Crippen LogP contribution in [0.4, 0.5) is 4.79 Å². The van der Waals surface area contributed by atoms with Gasteiger partial charge in [-0.2, -0.15) is 0 Å². The first kappa shape index (κ1) is 14.1. The number of carbonyl (C=O) groups is 2. The van der Waals surface area contributed by atoms with E-state index in [1.807, 2.05) is 0 Å². The highest BCUT2D eigenvalue weighted by molar-refractivity contribution is 5.83. The molecule has 0 aliphatic carbocycles. The summed E-state index contributed by atoms with van der Waals surface area (Å²) < 4.78 is 0. The Bertz CT molecular complexity index is 354. The van der Waals surface area contributed by atoms with Crippen LogP contribution in [0.5, 0.6) is 0 Å². The number of carboxylic acid groups (broad SMARTS) is 1. The Labute approximate surface area is 111 Å². The summed E-state index contributed by atoms with van der Waals surface area (Å²) in [5.41, 5.74) is 0. The first-order valence-electron chi connectivity index (χ1n) is 6.60. The molecule has 2 unspecified atom stereocenters. The number of likely N-dealkylation sites (tertiary alicyclic amines) is 2. The van der Waals surface area contributed by atoms with Gasteiger partial charge in [-0.15, -0.1) is 0 Å². The van der Waals surface area contributed by atoms with Gasteiger partial charge in [0.1, 0.15) is 6.04 Å². The quantitative estimate of drug-likeness (QED) is 0.619. The standard InChI is InChI=1S/C12H20N2O5/c15-7-8-1-3-13(4-2-8)12(19)14-6-9(16)5-10(14)11(17)18/h8-10,15-16H,1-7H2,(H,17,18). The molecule has 0 radical (unpaired) electrons. The number of amides is 2. The van der Waals surface area contributed by atoms with Gasteiger partial charge in [0, 0.05) is 32.7 Å². The summed E-state index contributed by atoms with van der Waals surface area (Å²) in [7, 11) is 0. The minimum Gasteiger partial charge on any atom is -0.480 e. The number of aliphatic carboxylic acids is 1. The van der Waals surface area contributed by atoms with Crippen molar-refractivity contribution in [2.24, 2.45) is 5.92 Å². The first-order chi connectivity index (χ1) is 9.02. The topological polar surface area (TPSA) is 101 Å². The van der Waals surface area contributed by atoms with Crippen molar-refractivity contribution >= 4 is 12.0 Å². The Balaban J connectivity index is 1.97. The van der Waals surface area contributed by atoms with Crippen molar-refractivity contribution in [3.05, 3.63) is 0 Å². The third kappa shape index (κ3) is 2.98. The molecule has 7 heteroatoms. The Morgan fingerprint density at radius 1 is 1.21 bits per heavy atom. The van der Waals surface area contributed by atoms with Gasteiger partial charge < -0.3 is 25.1 Å². The smallest absolute Gasteiger partial charge is 0.326 e. The van der Waals surface area contributed by atoms with E-state index in [4.69, 9.17) is 10.2 Å². The van der Waals surface area contributed by atoms with Crippen molar-refractivity contribution < 1.29 is 24.9 Å². The highest BCUT2D eigenvalue weighted by atomic mass is 16.4. The molecule has 2 amide bonds.